The van der Waals surface area contributed by atoms with Crippen molar-refractivity contribution in [3.05, 3.63) is 58.4 Å². The fraction of sp³-hybridized carbons (Fsp3) is 0.542. The smallest absolute Gasteiger partial charge is 0.193 e. The molecule has 0 fully saturated rings. The minimum absolute atomic E-state index is 0.0766. The van der Waals surface area contributed by atoms with Crippen molar-refractivity contribution in [2.45, 2.75) is 71.4 Å². The largest absolute Gasteiger partial charge is 0.490 e. The zero-order valence-corrected chi connectivity index (χ0v) is 19.6. The van der Waals surface area contributed by atoms with Gasteiger partial charge in [0.05, 0.1) is 13.2 Å². The van der Waals surface area contributed by atoms with Gasteiger partial charge in [-0.15, -0.1) is 0 Å². The van der Waals surface area contributed by atoms with Crippen molar-refractivity contribution in [3.63, 3.8) is 0 Å². The summed E-state index contributed by atoms with van der Waals surface area (Å²) >= 11 is 0. The van der Waals surface area contributed by atoms with E-state index in [0.717, 1.165) is 34.5 Å². The summed E-state index contributed by atoms with van der Waals surface area (Å²) in [6.07, 6.45) is 0.834. The highest BCUT2D eigenvalue weighted by molar-refractivity contribution is 6.74. The monoisotopic (exact) mass is 414 g/mol. The average Bonchev–Trinajstić information content (AvgIpc) is 2.87. The van der Waals surface area contributed by atoms with Gasteiger partial charge < -0.3 is 13.9 Å². The minimum atomic E-state index is -2.05. The summed E-state index contributed by atoms with van der Waals surface area (Å²) in [6, 6.07) is 10.1. The molecule has 5 heteroatoms. The molecule has 1 unspecified atom stereocenters. The van der Waals surface area contributed by atoms with Crippen LogP contribution in [0.4, 0.5) is 0 Å². The Kier molecular flexibility index (Phi) is 6.51. The molecule has 1 aliphatic heterocycles. The van der Waals surface area contributed by atoms with Crippen molar-refractivity contribution in [2.24, 2.45) is 0 Å². The van der Waals surface area contributed by atoms with Crippen LogP contribution in [0.1, 0.15) is 46.1 Å². The van der Waals surface area contributed by atoms with Crippen molar-refractivity contribution >= 4 is 14.1 Å². The van der Waals surface area contributed by atoms with Gasteiger partial charge in [-0.25, -0.2) is 0 Å². The van der Waals surface area contributed by atoms with E-state index < -0.39 is 8.32 Å². The molecule has 1 atom stereocenters. The van der Waals surface area contributed by atoms with Crippen LogP contribution in [-0.4, -0.2) is 33.4 Å². The molecule has 1 aromatic rings. The van der Waals surface area contributed by atoms with Gasteiger partial charge >= 0.3 is 0 Å². The second kappa shape index (κ2) is 8.58. The molecule has 1 heterocycles. The van der Waals surface area contributed by atoms with E-state index in [1.54, 1.807) is 0 Å². The molecular formula is C24H34O4Si. The Bertz CT molecular complexity index is 815. The third kappa shape index (κ3) is 4.73. The molecule has 0 spiro atoms. The lowest BCUT2D eigenvalue weighted by Gasteiger charge is -2.39. The number of carbonyl (C=O) groups is 1. The molecule has 0 bridgehead atoms. The van der Waals surface area contributed by atoms with E-state index in [9.17, 15) is 4.79 Å². The second-order valence-corrected chi connectivity index (χ2v) is 14.2. The SMILES string of the molecule is CCC1=C2COCC(O[Si](C)(C)C(C)(C)C)C(OCc3ccccc3)=C2CC1=O. The van der Waals surface area contributed by atoms with Gasteiger partial charge in [0.1, 0.15) is 18.5 Å². The van der Waals surface area contributed by atoms with E-state index >= 15 is 0 Å². The van der Waals surface area contributed by atoms with Crippen LogP contribution in [0, 0.1) is 0 Å². The Morgan fingerprint density at radius 2 is 1.83 bits per heavy atom. The molecule has 158 valence electrons. The van der Waals surface area contributed by atoms with E-state index in [-0.39, 0.29) is 16.9 Å². The minimum Gasteiger partial charge on any atom is -0.490 e. The molecule has 1 aliphatic carbocycles. The van der Waals surface area contributed by atoms with Crippen LogP contribution in [0.2, 0.25) is 18.1 Å². The third-order valence-corrected chi connectivity index (χ3v) is 10.8. The van der Waals surface area contributed by atoms with Gasteiger partial charge in [-0.05, 0) is 35.7 Å². The molecule has 0 N–H and O–H groups in total. The summed E-state index contributed by atoms with van der Waals surface area (Å²) < 4.78 is 19.1. The van der Waals surface area contributed by atoms with E-state index in [0.29, 0.717) is 26.2 Å². The lowest BCUT2D eigenvalue weighted by Crippen LogP contribution is -2.45. The van der Waals surface area contributed by atoms with Crippen molar-refractivity contribution in [1.82, 2.24) is 0 Å². The van der Waals surface area contributed by atoms with E-state index in [4.69, 9.17) is 13.9 Å². The number of benzene rings is 1. The summed E-state index contributed by atoms with van der Waals surface area (Å²) in [5.41, 5.74) is 3.99. The second-order valence-electron chi connectivity index (χ2n) is 9.41. The fourth-order valence-electron chi connectivity index (χ4n) is 3.62. The molecule has 0 aromatic heterocycles. The van der Waals surface area contributed by atoms with Gasteiger partial charge in [-0.2, -0.15) is 0 Å². The van der Waals surface area contributed by atoms with Gasteiger partial charge in [0.2, 0.25) is 0 Å². The van der Waals surface area contributed by atoms with Gasteiger partial charge in [-0.3, -0.25) is 4.79 Å². The number of rotatable bonds is 6. The normalized spacial score (nSPS) is 20.8. The topological polar surface area (TPSA) is 44.8 Å². The maximum atomic E-state index is 12.6. The summed E-state index contributed by atoms with van der Waals surface area (Å²) in [5, 5.41) is 0.0766. The van der Waals surface area contributed by atoms with Crippen LogP contribution < -0.4 is 0 Å². The molecular weight excluding hydrogens is 380 g/mol. The van der Waals surface area contributed by atoms with Crippen LogP contribution >= 0.6 is 0 Å². The number of Topliss-reactive ketones (excluding diaryl/α,β-unsaturated/α-hetero) is 1. The fourth-order valence-corrected chi connectivity index (χ4v) is 4.86. The first-order valence-electron chi connectivity index (χ1n) is 10.5. The van der Waals surface area contributed by atoms with E-state index in [1.807, 2.05) is 25.1 Å². The predicted octanol–water partition coefficient (Wildman–Crippen LogP) is 5.56. The molecule has 0 saturated heterocycles. The summed E-state index contributed by atoms with van der Waals surface area (Å²) in [7, 11) is -2.05. The van der Waals surface area contributed by atoms with Gasteiger partial charge in [0.25, 0.3) is 0 Å². The third-order valence-electron chi connectivity index (χ3n) is 6.34. The highest BCUT2D eigenvalue weighted by Gasteiger charge is 2.42. The highest BCUT2D eigenvalue weighted by Crippen LogP contribution is 2.41. The first kappa shape index (κ1) is 22.0. The molecule has 1 aromatic carbocycles. The van der Waals surface area contributed by atoms with Crippen LogP contribution in [0.25, 0.3) is 0 Å². The first-order chi connectivity index (χ1) is 13.6. The summed E-state index contributed by atoms with van der Waals surface area (Å²) in [4.78, 5) is 12.6. The standard InChI is InChI=1S/C24H34O4Si/c1-7-18-20-15-26-16-22(28-29(5,6)24(2,3)4)23(19(20)13-21(18)25)27-14-17-11-9-8-10-12-17/h8-12,22H,7,13-16H2,1-6H3. The molecule has 0 amide bonds. The summed E-state index contributed by atoms with van der Waals surface area (Å²) in [5.74, 6) is 0.984. The number of ketones is 1. The van der Waals surface area contributed by atoms with Crippen LogP contribution in [0.5, 0.6) is 0 Å². The Morgan fingerprint density at radius 1 is 1.14 bits per heavy atom. The molecule has 4 nitrogen and oxygen atoms in total. The molecule has 0 radical (unpaired) electrons. The van der Waals surface area contributed by atoms with Crippen LogP contribution in [-0.2, 0) is 25.3 Å². The Balaban J connectivity index is 1.98. The number of hydrogen-bond acceptors (Lipinski definition) is 4. The lowest BCUT2D eigenvalue weighted by molar-refractivity contribution is -0.114. The average molecular weight is 415 g/mol. The Morgan fingerprint density at radius 3 is 2.45 bits per heavy atom. The maximum Gasteiger partial charge on any atom is 0.193 e. The summed E-state index contributed by atoms with van der Waals surface area (Å²) in [6.45, 7) is 14.6. The van der Waals surface area contributed by atoms with Crippen LogP contribution in [0.15, 0.2) is 52.8 Å². The lowest BCUT2D eigenvalue weighted by atomic mass is 10.0. The van der Waals surface area contributed by atoms with Gasteiger partial charge in [0.15, 0.2) is 14.1 Å². The van der Waals surface area contributed by atoms with Gasteiger partial charge in [0, 0.05) is 17.6 Å². The predicted molar refractivity (Wildman–Crippen MR) is 118 cm³/mol. The number of hydrogen-bond donors (Lipinski definition) is 0. The van der Waals surface area contributed by atoms with E-state index in [2.05, 4.69) is 46.0 Å². The maximum absolute atomic E-state index is 12.6. The quantitative estimate of drug-likeness (QED) is 0.572. The molecule has 3 rings (SSSR count). The van der Waals surface area contributed by atoms with Crippen molar-refractivity contribution < 1.29 is 18.7 Å². The number of allylic oxidation sites excluding steroid dienone is 1. The van der Waals surface area contributed by atoms with Crippen molar-refractivity contribution in [2.75, 3.05) is 13.2 Å². The number of fused-ring (bicyclic) bond motifs is 1. The van der Waals surface area contributed by atoms with Gasteiger partial charge in [-0.1, -0.05) is 58.0 Å². The zero-order valence-electron chi connectivity index (χ0n) is 18.6. The van der Waals surface area contributed by atoms with Crippen LogP contribution in [0.3, 0.4) is 0 Å². The van der Waals surface area contributed by atoms with Crippen molar-refractivity contribution in [1.29, 1.82) is 0 Å². The molecule has 29 heavy (non-hydrogen) atoms. The first-order valence-corrected chi connectivity index (χ1v) is 13.5. The number of ether oxygens (including phenoxy) is 2. The molecule has 2 aliphatic rings. The van der Waals surface area contributed by atoms with Crippen molar-refractivity contribution in [3.8, 4) is 0 Å². The zero-order chi connectivity index (χ0) is 21.2. The van der Waals surface area contributed by atoms with E-state index in [1.165, 1.54) is 0 Å². The molecule has 0 saturated carbocycles. The Hall–Kier alpha value is -1.69. The Labute approximate surface area is 176 Å². The number of carbonyl (C=O) groups excluding carboxylic acids is 1. The highest BCUT2D eigenvalue weighted by atomic mass is 28.4.